The van der Waals surface area contributed by atoms with Gasteiger partial charge in [0.25, 0.3) is 0 Å². The summed E-state index contributed by atoms with van der Waals surface area (Å²) in [5, 5.41) is 7.21. The van der Waals surface area contributed by atoms with Gasteiger partial charge < -0.3 is 15.5 Å². The van der Waals surface area contributed by atoms with Crippen molar-refractivity contribution in [2.45, 2.75) is 19.8 Å². The Bertz CT molecular complexity index is 773. The van der Waals surface area contributed by atoms with E-state index < -0.39 is 0 Å². The lowest BCUT2D eigenvalue weighted by atomic mass is 10.2. The van der Waals surface area contributed by atoms with Crippen molar-refractivity contribution in [1.29, 1.82) is 0 Å². The van der Waals surface area contributed by atoms with Gasteiger partial charge >= 0.3 is 0 Å². The van der Waals surface area contributed by atoms with E-state index in [1.807, 2.05) is 43.3 Å². The maximum Gasteiger partial charge on any atom is 0.243 e. The molecule has 0 bridgehead atoms. The summed E-state index contributed by atoms with van der Waals surface area (Å²) in [5.41, 5.74) is 3.63. The Morgan fingerprint density at radius 3 is 2.56 bits per heavy atom. The fraction of sp³-hybridized carbons (Fsp3) is 0.316. The Hall–Kier alpha value is -1.91. The first-order valence-corrected chi connectivity index (χ1v) is 9.13. The van der Waals surface area contributed by atoms with E-state index in [2.05, 4.69) is 15.5 Å². The molecular weight excluding hydrogens is 357 g/mol. The van der Waals surface area contributed by atoms with E-state index in [1.165, 1.54) is 12.8 Å². The molecule has 1 aliphatic heterocycles. The lowest BCUT2D eigenvalue weighted by Gasteiger charge is -2.22. The van der Waals surface area contributed by atoms with Crippen molar-refractivity contribution in [3.05, 3.63) is 52.0 Å². The molecular formula is C19H21Cl2N3O. The van der Waals surface area contributed by atoms with Crippen molar-refractivity contribution in [1.82, 2.24) is 0 Å². The maximum atomic E-state index is 12.3. The summed E-state index contributed by atoms with van der Waals surface area (Å²) in [7, 11) is 0. The van der Waals surface area contributed by atoms with E-state index in [9.17, 15) is 4.79 Å². The zero-order valence-corrected chi connectivity index (χ0v) is 15.6. The topological polar surface area (TPSA) is 44.4 Å². The van der Waals surface area contributed by atoms with Gasteiger partial charge in [-0.1, -0.05) is 29.3 Å². The number of aryl methyl sites for hydroxylation is 1. The van der Waals surface area contributed by atoms with E-state index in [4.69, 9.17) is 23.2 Å². The number of benzene rings is 2. The molecule has 4 nitrogen and oxygen atoms in total. The minimum atomic E-state index is -0.155. The summed E-state index contributed by atoms with van der Waals surface area (Å²) in [4.78, 5) is 14.6. The van der Waals surface area contributed by atoms with E-state index in [0.29, 0.717) is 15.7 Å². The normalized spacial score (nSPS) is 13.8. The van der Waals surface area contributed by atoms with Gasteiger partial charge in [-0.05, 0) is 55.7 Å². The summed E-state index contributed by atoms with van der Waals surface area (Å²) in [6.07, 6.45) is 2.38. The second kappa shape index (κ2) is 7.98. The zero-order chi connectivity index (χ0) is 17.8. The van der Waals surface area contributed by atoms with E-state index in [0.717, 1.165) is 30.0 Å². The smallest absolute Gasteiger partial charge is 0.243 e. The predicted molar refractivity (Wildman–Crippen MR) is 106 cm³/mol. The molecule has 0 atom stereocenters. The highest BCUT2D eigenvalue weighted by Crippen LogP contribution is 2.31. The molecule has 1 amide bonds. The molecule has 0 unspecified atom stereocenters. The lowest BCUT2D eigenvalue weighted by molar-refractivity contribution is -0.114. The first-order valence-electron chi connectivity index (χ1n) is 8.37. The Labute approximate surface area is 158 Å². The SMILES string of the molecule is Cc1ccc(NC(=O)CNc2cc(Cl)ccc2N2CCCC2)c(Cl)c1. The average molecular weight is 378 g/mol. The number of nitrogens with one attached hydrogen (secondary N) is 2. The van der Waals surface area contributed by atoms with E-state index in [-0.39, 0.29) is 12.5 Å². The van der Waals surface area contributed by atoms with Gasteiger partial charge in [-0.25, -0.2) is 0 Å². The molecule has 0 radical (unpaired) electrons. The van der Waals surface area contributed by atoms with Gasteiger partial charge in [-0.2, -0.15) is 0 Å². The lowest BCUT2D eigenvalue weighted by Crippen LogP contribution is -2.24. The molecule has 0 spiro atoms. The summed E-state index contributed by atoms with van der Waals surface area (Å²) in [6.45, 7) is 4.16. The standard InChI is InChI=1S/C19H21Cl2N3O/c1-13-4-6-16(15(21)10-13)23-19(25)12-22-17-11-14(20)5-7-18(17)24-8-2-3-9-24/h4-7,10-11,22H,2-3,8-9,12H2,1H3,(H,23,25). The maximum absolute atomic E-state index is 12.3. The van der Waals surface area contributed by atoms with Crippen LogP contribution >= 0.6 is 23.2 Å². The van der Waals surface area contributed by atoms with Crippen LogP contribution < -0.4 is 15.5 Å². The summed E-state index contributed by atoms with van der Waals surface area (Å²) < 4.78 is 0. The summed E-state index contributed by atoms with van der Waals surface area (Å²) in [6, 6.07) is 11.3. The van der Waals surface area contributed by atoms with Crippen molar-refractivity contribution < 1.29 is 4.79 Å². The Morgan fingerprint density at radius 2 is 1.84 bits per heavy atom. The van der Waals surface area contributed by atoms with Crippen LogP contribution in [0.5, 0.6) is 0 Å². The van der Waals surface area contributed by atoms with E-state index in [1.54, 1.807) is 0 Å². The van der Waals surface area contributed by atoms with Crippen LogP contribution in [-0.2, 0) is 4.79 Å². The number of carbonyl (C=O) groups is 1. The number of nitrogens with zero attached hydrogens (tertiary/aromatic N) is 1. The van der Waals surface area contributed by atoms with Gasteiger partial charge in [-0.15, -0.1) is 0 Å². The van der Waals surface area contributed by atoms with Crippen molar-refractivity contribution in [3.63, 3.8) is 0 Å². The zero-order valence-electron chi connectivity index (χ0n) is 14.1. The molecule has 2 aromatic carbocycles. The third-order valence-corrected chi connectivity index (χ3v) is 4.79. The number of halogens is 2. The van der Waals surface area contributed by atoms with Crippen LogP contribution in [0.3, 0.4) is 0 Å². The van der Waals surface area contributed by atoms with Crippen LogP contribution in [0.4, 0.5) is 17.1 Å². The molecule has 3 rings (SSSR count). The largest absolute Gasteiger partial charge is 0.374 e. The molecule has 0 saturated carbocycles. The van der Waals surface area contributed by atoms with Crippen LogP contribution in [0.2, 0.25) is 10.0 Å². The highest BCUT2D eigenvalue weighted by molar-refractivity contribution is 6.33. The first-order chi connectivity index (χ1) is 12.0. The molecule has 0 aliphatic carbocycles. The monoisotopic (exact) mass is 377 g/mol. The first kappa shape index (κ1) is 17.9. The predicted octanol–water partition coefficient (Wildman–Crippen LogP) is 4.95. The Balaban J connectivity index is 1.66. The molecule has 2 N–H and O–H groups in total. The Morgan fingerprint density at radius 1 is 1.08 bits per heavy atom. The summed E-state index contributed by atoms with van der Waals surface area (Å²) >= 11 is 12.3. The van der Waals surface area contributed by atoms with Gasteiger partial charge in [0.2, 0.25) is 5.91 Å². The van der Waals surface area contributed by atoms with Crippen LogP contribution in [0.25, 0.3) is 0 Å². The number of rotatable bonds is 5. The third-order valence-electron chi connectivity index (χ3n) is 4.24. The number of anilines is 3. The highest BCUT2D eigenvalue weighted by atomic mass is 35.5. The van der Waals surface area contributed by atoms with Gasteiger partial charge in [0.1, 0.15) is 0 Å². The number of amides is 1. The number of carbonyl (C=O) groups excluding carboxylic acids is 1. The third kappa shape index (κ3) is 4.59. The van der Waals surface area contributed by atoms with Crippen molar-refractivity contribution >= 4 is 46.2 Å². The molecule has 6 heteroatoms. The fourth-order valence-electron chi connectivity index (χ4n) is 2.98. The van der Waals surface area contributed by atoms with Gasteiger partial charge in [-0.3, -0.25) is 4.79 Å². The minimum absolute atomic E-state index is 0.144. The molecule has 0 aromatic heterocycles. The van der Waals surface area contributed by atoms with Crippen LogP contribution in [-0.4, -0.2) is 25.5 Å². The van der Waals surface area contributed by atoms with Crippen LogP contribution in [0.1, 0.15) is 18.4 Å². The van der Waals surface area contributed by atoms with Crippen LogP contribution in [0, 0.1) is 6.92 Å². The second-order valence-electron chi connectivity index (χ2n) is 6.24. The Kier molecular flexibility index (Phi) is 5.71. The van der Waals surface area contributed by atoms with Crippen molar-refractivity contribution in [3.8, 4) is 0 Å². The van der Waals surface area contributed by atoms with Crippen molar-refractivity contribution in [2.75, 3.05) is 35.2 Å². The highest BCUT2D eigenvalue weighted by Gasteiger charge is 2.16. The van der Waals surface area contributed by atoms with Gasteiger partial charge in [0.05, 0.1) is 28.6 Å². The molecule has 1 saturated heterocycles. The fourth-order valence-corrected chi connectivity index (χ4v) is 3.43. The number of hydrogen-bond donors (Lipinski definition) is 2. The van der Waals surface area contributed by atoms with Crippen molar-refractivity contribution in [2.24, 2.45) is 0 Å². The quantitative estimate of drug-likeness (QED) is 0.774. The van der Waals surface area contributed by atoms with Gasteiger partial charge in [0, 0.05) is 18.1 Å². The average Bonchev–Trinajstić information content (AvgIpc) is 3.10. The van der Waals surface area contributed by atoms with Gasteiger partial charge in [0.15, 0.2) is 0 Å². The molecule has 1 heterocycles. The second-order valence-corrected chi connectivity index (χ2v) is 7.08. The molecule has 132 valence electrons. The summed E-state index contributed by atoms with van der Waals surface area (Å²) in [5.74, 6) is -0.155. The van der Waals surface area contributed by atoms with E-state index >= 15 is 0 Å². The molecule has 1 fully saturated rings. The molecule has 25 heavy (non-hydrogen) atoms. The molecule has 2 aromatic rings. The minimum Gasteiger partial charge on any atom is -0.374 e. The molecule has 1 aliphatic rings. The number of hydrogen-bond acceptors (Lipinski definition) is 3. The van der Waals surface area contributed by atoms with Crippen LogP contribution in [0.15, 0.2) is 36.4 Å².